The van der Waals surface area contributed by atoms with E-state index in [4.69, 9.17) is 5.26 Å². The van der Waals surface area contributed by atoms with Crippen LogP contribution in [0.3, 0.4) is 0 Å². The number of benzene rings is 1. The van der Waals surface area contributed by atoms with Gasteiger partial charge >= 0.3 is 0 Å². The van der Waals surface area contributed by atoms with Crippen molar-refractivity contribution in [3.8, 4) is 17.3 Å². The van der Waals surface area contributed by atoms with E-state index in [-0.39, 0.29) is 5.82 Å². The fourth-order valence-corrected chi connectivity index (χ4v) is 1.44. The average Bonchev–Trinajstić information content (AvgIpc) is 2.30. The van der Waals surface area contributed by atoms with E-state index in [2.05, 4.69) is 11.1 Å². The molecule has 0 saturated carbocycles. The molecular weight excluding hydrogens is 203 g/mol. The van der Waals surface area contributed by atoms with Gasteiger partial charge in [0.2, 0.25) is 0 Å². The van der Waals surface area contributed by atoms with Gasteiger partial charge in [0.1, 0.15) is 5.82 Å². The van der Waals surface area contributed by atoms with Crippen LogP contribution in [0.4, 0.5) is 4.39 Å². The molecule has 0 radical (unpaired) electrons. The predicted molar refractivity (Wildman–Crippen MR) is 58.9 cm³/mol. The summed E-state index contributed by atoms with van der Waals surface area (Å²) >= 11 is 0. The molecule has 3 heteroatoms. The largest absolute Gasteiger partial charge is 0.256 e. The predicted octanol–water partition coefficient (Wildman–Crippen LogP) is 2.95. The molecule has 1 aromatic carbocycles. The van der Waals surface area contributed by atoms with E-state index in [1.165, 1.54) is 12.1 Å². The number of nitrogens with zero attached hydrogens (tertiary/aromatic N) is 2. The minimum Gasteiger partial charge on any atom is -0.256 e. The Morgan fingerprint density at radius 3 is 2.75 bits per heavy atom. The lowest BCUT2D eigenvalue weighted by molar-refractivity contribution is 0.628. The lowest BCUT2D eigenvalue weighted by Gasteiger charge is -2.01. The fourth-order valence-electron chi connectivity index (χ4n) is 1.44. The van der Waals surface area contributed by atoms with Crippen molar-refractivity contribution in [3.05, 3.63) is 54.0 Å². The first kappa shape index (κ1) is 10.3. The van der Waals surface area contributed by atoms with Crippen molar-refractivity contribution in [1.29, 1.82) is 5.26 Å². The molecule has 0 aliphatic carbocycles. The molecule has 16 heavy (non-hydrogen) atoms. The van der Waals surface area contributed by atoms with Crippen LogP contribution in [0.2, 0.25) is 0 Å². The van der Waals surface area contributed by atoms with Crippen LogP contribution in [0, 0.1) is 17.1 Å². The van der Waals surface area contributed by atoms with Gasteiger partial charge in [-0.05, 0) is 23.8 Å². The van der Waals surface area contributed by atoms with Crippen LogP contribution in [0.25, 0.3) is 11.3 Å². The summed E-state index contributed by atoms with van der Waals surface area (Å²) in [5.74, 6) is -0.277. The molecule has 0 unspecified atom stereocenters. The Morgan fingerprint density at radius 2 is 2.12 bits per heavy atom. The van der Waals surface area contributed by atoms with Crippen molar-refractivity contribution < 1.29 is 4.39 Å². The second-order valence-electron chi connectivity index (χ2n) is 3.40. The minimum absolute atomic E-state index is 0.277. The molecule has 0 N–H and O–H groups in total. The average molecular weight is 212 g/mol. The van der Waals surface area contributed by atoms with Gasteiger partial charge in [0.25, 0.3) is 0 Å². The van der Waals surface area contributed by atoms with Gasteiger partial charge in [0.15, 0.2) is 0 Å². The van der Waals surface area contributed by atoms with Crippen molar-refractivity contribution in [3.63, 3.8) is 0 Å². The second-order valence-corrected chi connectivity index (χ2v) is 3.40. The minimum atomic E-state index is -0.277. The molecule has 0 bridgehead atoms. The standard InChI is InChI=1S/C13H9FN2/c14-12-3-1-2-11(8-12)13-5-4-10(6-7-15)9-16-13/h1-5,8-9H,6H2. The third-order valence-electron chi connectivity index (χ3n) is 2.23. The Hall–Kier alpha value is -2.21. The summed E-state index contributed by atoms with van der Waals surface area (Å²) in [6, 6.07) is 12.0. The molecule has 0 aliphatic rings. The Labute approximate surface area is 93.0 Å². The van der Waals surface area contributed by atoms with E-state index < -0.39 is 0 Å². The molecule has 2 nitrogen and oxygen atoms in total. The molecule has 0 amide bonds. The number of hydrogen-bond donors (Lipinski definition) is 0. The van der Waals surface area contributed by atoms with Gasteiger partial charge in [-0.15, -0.1) is 0 Å². The zero-order chi connectivity index (χ0) is 11.4. The highest BCUT2D eigenvalue weighted by Crippen LogP contribution is 2.17. The first-order valence-corrected chi connectivity index (χ1v) is 4.87. The maximum absolute atomic E-state index is 13.0. The molecule has 78 valence electrons. The topological polar surface area (TPSA) is 36.7 Å². The first-order chi connectivity index (χ1) is 7.79. The maximum Gasteiger partial charge on any atom is 0.123 e. The number of rotatable bonds is 2. The van der Waals surface area contributed by atoms with Gasteiger partial charge in [0, 0.05) is 11.8 Å². The van der Waals surface area contributed by atoms with Crippen LogP contribution in [-0.4, -0.2) is 4.98 Å². The molecular formula is C13H9FN2. The molecule has 0 spiro atoms. The van der Waals surface area contributed by atoms with Gasteiger partial charge < -0.3 is 0 Å². The van der Waals surface area contributed by atoms with Crippen molar-refractivity contribution in [1.82, 2.24) is 4.98 Å². The van der Waals surface area contributed by atoms with E-state index in [0.717, 1.165) is 11.1 Å². The molecule has 0 atom stereocenters. The molecule has 0 fully saturated rings. The summed E-state index contributed by atoms with van der Waals surface area (Å²) in [6.07, 6.45) is 1.99. The third kappa shape index (κ3) is 2.23. The SMILES string of the molecule is N#CCc1ccc(-c2cccc(F)c2)nc1. The molecule has 0 aliphatic heterocycles. The molecule has 0 saturated heterocycles. The van der Waals surface area contributed by atoms with Crippen LogP contribution in [0.1, 0.15) is 5.56 Å². The molecule has 2 rings (SSSR count). The summed E-state index contributed by atoms with van der Waals surface area (Å²) in [7, 11) is 0. The third-order valence-corrected chi connectivity index (χ3v) is 2.23. The van der Waals surface area contributed by atoms with Gasteiger partial charge in [-0.2, -0.15) is 5.26 Å². The van der Waals surface area contributed by atoms with Crippen molar-refractivity contribution in [2.45, 2.75) is 6.42 Å². The van der Waals surface area contributed by atoms with Crippen LogP contribution >= 0.6 is 0 Å². The van der Waals surface area contributed by atoms with Crippen LogP contribution < -0.4 is 0 Å². The van der Waals surface area contributed by atoms with E-state index in [1.807, 2.05) is 6.07 Å². The number of hydrogen-bond acceptors (Lipinski definition) is 2. The van der Waals surface area contributed by atoms with E-state index in [0.29, 0.717) is 12.1 Å². The first-order valence-electron chi connectivity index (χ1n) is 4.87. The van der Waals surface area contributed by atoms with E-state index in [9.17, 15) is 4.39 Å². The number of nitriles is 1. The Bertz CT molecular complexity index is 526. The smallest absolute Gasteiger partial charge is 0.123 e. The van der Waals surface area contributed by atoms with Crippen LogP contribution in [0.15, 0.2) is 42.6 Å². The molecule has 1 heterocycles. The van der Waals surface area contributed by atoms with E-state index >= 15 is 0 Å². The summed E-state index contributed by atoms with van der Waals surface area (Å²) in [5, 5.41) is 8.52. The lowest BCUT2D eigenvalue weighted by Crippen LogP contribution is -1.87. The lowest BCUT2D eigenvalue weighted by atomic mass is 10.1. The van der Waals surface area contributed by atoms with Crippen LogP contribution in [-0.2, 0) is 6.42 Å². The number of aromatic nitrogens is 1. The van der Waals surface area contributed by atoms with Crippen molar-refractivity contribution >= 4 is 0 Å². The van der Waals surface area contributed by atoms with Gasteiger partial charge in [-0.25, -0.2) is 4.39 Å². The highest BCUT2D eigenvalue weighted by atomic mass is 19.1. The highest BCUT2D eigenvalue weighted by molar-refractivity contribution is 5.58. The highest BCUT2D eigenvalue weighted by Gasteiger charge is 2.00. The van der Waals surface area contributed by atoms with Crippen molar-refractivity contribution in [2.24, 2.45) is 0 Å². The molecule has 2 aromatic rings. The van der Waals surface area contributed by atoms with Gasteiger partial charge in [-0.3, -0.25) is 4.98 Å². The Kier molecular flexibility index (Phi) is 2.93. The summed E-state index contributed by atoms with van der Waals surface area (Å²) in [4.78, 5) is 4.19. The zero-order valence-corrected chi connectivity index (χ0v) is 8.52. The maximum atomic E-state index is 13.0. The quantitative estimate of drug-likeness (QED) is 0.767. The second kappa shape index (κ2) is 4.54. The zero-order valence-electron chi connectivity index (χ0n) is 8.52. The van der Waals surface area contributed by atoms with Crippen LogP contribution in [0.5, 0.6) is 0 Å². The fraction of sp³-hybridized carbons (Fsp3) is 0.0769. The number of halogens is 1. The summed E-state index contributed by atoms with van der Waals surface area (Å²) in [6.45, 7) is 0. The monoisotopic (exact) mass is 212 g/mol. The van der Waals surface area contributed by atoms with Gasteiger partial charge in [0.05, 0.1) is 18.2 Å². The summed E-state index contributed by atoms with van der Waals surface area (Å²) < 4.78 is 13.0. The number of pyridine rings is 1. The Morgan fingerprint density at radius 1 is 1.25 bits per heavy atom. The van der Waals surface area contributed by atoms with Gasteiger partial charge in [-0.1, -0.05) is 18.2 Å². The van der Waals surface area contributed by atoms with E-state index in [1.54, 1.807) is 24.4 Å². The van der Waals surface area contributed by atoms with Crippen molar-refractivity contribution in [2.75, 3.05) is 0 Å². The Balaban J connectivity index is 2.32. The normalized spacial score (nSPS) is 9.75. The molecule has 1 aromatic heterocycles. The summed E-state index contributed by atoms with van der Waals surface area (Å²) in [5.41, 5.74) is 2.31.